The second-order valence-corrected chi connectivity index (χ2v) is 6.22. The molecule has 2 heterocycles. The molecule has 2 aromatic heterocycles. The van der Waals surface area contributed by atoms with Gasteiger partial charge in [0.05, 0.1) is 17.6 Å². The molecule has 0 unspecified atom stereocenters. The standard InChI is InChI=1S/C16H17N3O4S/c1-11-10-24-16(22)19(11)9-14(20)23-8-4-7-18-13-6-3-2-5-12(13)17-15(18)21/h2-3,5-6,10H,4,7-9H2,1H3,(H,17,21). The number of imidazole rings is 1. The van der Waals surface area contributed by atoms with E-state index in [9.17, 15) is 14.4 Å². The van der Waals surface area contributed by atoms with Crippen molar-refractivity contribution in [3.8, 4) is 0 Å². The van der Waals surface area contributed by atoms with Crippen molar-refractivity contribution < 1.29 is 9.53 Å². The summed E-state index contributed by atoms with van der Waals surface area (Å²) in [4.78, 5) is 37.9. The zero-order valence-corrected chi connectivity index (χ0v) is 14.0. The second kappa shape index (κ2) is 6.88. The van der Waals surface area contributed by atoms with Gasteiger partial charge in [-0.25, -0.2) is 4.79 Å². The average molecular weight is 347 g/mol. The van der Waals surface area contributed by atoms with Gasteiger partial charge >= 0.3 is 16.5 Å². The normalized spacial score (nSPS) is 11.0. The van der Waals surface area contributed by atoms with Crippen LogP contribution in [-0.2, 0) is 22.6 Å². The Hall–Kier alpha value is -2.61. The van der Waals surface area contributed by atoms with E-state index in [1.54, 1.807) is 16.9 Å². The molecule has 0 fully saturated rings. The van der Waals surface area contributed by atoms with Crippen molar-refractivity contribution in [2.45, 2.75) is 26.4 Å². The van der Waals surface area contributed by atoms with Gasteiger partial charge in [0.15, 0.2) is 0 Å². The fraction of sp³-hybridized carbons (Fsp3) is 0.312. The minimum Gasteiger partial charge on any atom is -0.464 e. The summed E-state index contributed by atoms with van der Waals surface area (Å²) in [6, 6.07) is 7.44. The van der Waals surface area contributed by atoms with Gasteiger partial charge < -0.3 is 9.72 Å². The largest absolute Gasteiger partial charge is 0.464 e. The zero-order valence-electron chi connectivity index (χ0n) is 13.2. The van der Waals surface area contributed by atoms with Gasteiger partial charge in [-0.2, -0.15) is 0 Å². The van der Waals surface area contributed by atoms with E-state index in [1.807, 2.05) is 24.3 Å². The lowest BCUT2D eigenvalue weighted by molar-refractivity contribution is -0.144. The molecule has 3 aromatic rings. The van der Waals surface area contributed by atoms with E-state index in [4.69, 9.17) is 4.74 Å². The molecule has 1 aromatic carbocycles. The Kier molecular flexibility index (Phi) is 4.66. The highest BCUT2D eigenvalue weighted by Gasteiger charge is 2.10. The molecule has 24 heavy (non-hydrogen) atoms. The maximum absolute atomic E-state index is 11.9. The summed E-state index contributed by atoms with van der Waals surface area (Å²) in [6.45, 7) is 2.34. The number of carbonyl (C=O) groups is 1. The van der Waals surface area contributed by atoms with Crippen LogP contribution in [0.5, 0.6) is 0 Å². The van der Waals surface area contributed by atoms with Gasteiger partial charge in [-0.3, -0.25) is 18.7 Å². The number of benzene rings is 1. The molecule has 0 aliphatic rings. The SMILES string of the molecule is Cc1csc(=O)n1CC(=O)OCCCn1c(=O)[nH]c2ccccc21. The van der Waals surface area contributed by atoms with E-state index in [0.717, 1.165) is 28.1 Å². The third-order valence-corrected chi connectivity index (χ3v) is 4.62. The number of ether oxygens (including phenoxy) is 1. The van der Waals surface area contributed by atoms with Crippen molar-refractivity contribution >= 4 is 28.3 Å². The number of carbonyl (C=O) groups excluding carboxylic acids is 1. The Morgan fingerprint density at radius 3 is 2.79 bits per heavy atom. The first kappa shape index (κ1) is 16.3. The van der Waals surface area contributed by atoms with Gasteiger partial charge in [0.2, 0.25) is 0 Å². The molecule has 0 atom stereocenters. The van der Waals surface area contributed by atoms with E-state index in [0.29, 0.717) is 13.0 Å². The van der Waals surface area contributed by atoms with Crippen molar-refractivity contribution in [3.05, 3.63) is 55.5 Å². The van der Waals surface area contributed by atoms with Crippen molar-refractivity contribution in [3.63, 3.8) is 0 Å². The number of rotatable bonds is 6. The van der Waals surface area contributed by atoms with Crippen molar-refractivity contribution in [1.29, 1.82) is 0 Å². The van der Waals surface area contributed by atoms with Crippen LogP contribution in [-0.4, -0.2) is 26.7 Å². The highest BCUT2D eigenvalue weighted by Crippen LogP contribution is 2.09. The maximum Gasteiger partial charge on any atom is 0.326 e. The van der Waals surface area contributed by atoms with Crippen molar-refractivity contribution in [1.82, 2.24) is 14.1 Å². The second-order valence-electron chi connectivity index (χ2n) is 5.40. The number of hydrogen-bond donors (Lipinski definition) is 1. The van der Waals surface area contributed by atoms with E-state index in [-0.39, 0.29) is 23.7 Å². The van der Waals surface area contributed by atoms with Gasteiger partial charge in [0.1, 0.15) is 6.54 Å². The van der Waals surface area contributed by atoms with Crippen LogP contribution in [0.2, 0.25) is 0 Å². The number of para-hydroxylation sites is 2. The quantitative estimate of drug-likeness (QED) is 0.541. The topological polar surface area (TPSA) is 86.1 Å². The lowest BCUT2D eigenvalue weighted by Crippen LogP contribution is -2.23. The molecule has 3 rings (SSSR count). The van der Waals surface area contributed by atoms with Crippen LogP contribution in [0.1, 0.15) is 12.1 Å². The number of thiazole rings is 1. The highest BCUT2D eigenvalue weighted by atomic mass is 32.1. The Labute approximate surface area is 141 Å². The third-order valence-electron chi connectivity index (χ3n) is 3.73. The van der Waals surface area contributed by atoms with Crippen LogP contribution in [0.4, 0.5) is 0 Å². The van der Waals surface area contributed by atoms with Crippen molar-refractivity contribution in [2.75, 3.05) is 6.61 Å². The van der Waals surface area contributed by atoms with Crippen LogP contribution < -0.4 is 10.6 Å². The molecule has 0 aliphatic carbocycles. The van der Waals surface area contributed by atoms with Gasteiger partial charge in [0, 0.05) is 17.6 Å². The van der Waals surface area contributed by atoms with E-state index in [1.165, 1.54) is 4.57 Å². The fourth-order valence-electron chi connectivity index (χ4n) is 2.51. The summed E-state index contributed by atoms with van der Waals surface area (Å²) in [7, 11) is 0. The summed E-state index contributed by atoms with van der Waals surface area (Å²) in [5.74, 6) is -0.454. The van der Waals surface area contributed by atoms with Gasteiger partial charge in [-0.15, -0.1) is 0 Å². The number of fused-ring (bicyclic) bond motifs is 1. The number of nitrogens with zero attached hydrogens (tertiary/aromatic N) is 2. The number of esters is 1. The lowest BCUT2D eigenvalue weighted by Gasteiger charge is -2.07. The molecule has 0 radical (unpaired) electrons. The molecule has 8 heteroatoms. The first-order chi connectivity index (χ1) is 11.6. The average Bonchev–Trinajstić information content (AvgIpc) is 3.05. The molecule has 0 amide bonds. The van der Waals surface area contributed by atoms with Gasteiger partial charge in [0.25, 0.3) is 0 Å². The molecule has 7 nitrogen and oxygen atoms in total. The predicted octanol–water partition coefficient (Wildman–Crippen LogP) is 1.49. The Morgan fingerprint density at radius 2 is 2.04 bits per heavy atom. The molecule has 0 aliphatic heterocycles. The van der Waals surface area contributed by atoms with Crippen molar-refractivity contribution in [2.24, 2.45) is 0 Å². The van der Waals surface area contributed by atoms with E-state index >= 15 is 0 Å². The molecular weight excluding hydrogens is 330 g/mol. The first-order valence-corrected chi connectivity index (χ1v) is 8.42. The summed E-state index contributed by atoms with van der Waals surface area (Å²) in [6.07, 6.45) is 0.519. The van der Waals surface area contributed by atoms with Crippen LogP contribution in [0, 0.1) is 6.92 Å². The fourth-order valence-corrected chi connectivity index (χ4v) is 3.24. The number of hydrogen-bond acceptors (Lipinski definition) is 5. The van der Waals surface area contributed by atoms with Gasteiger partial charge in [-0.1, -0.05) is 23.5 Å². The smallest absolute Gasteiger partial charge is 0.326 e. The lowest BCUT2D eigenvalue weighted by atomic mass is 10.3. The minimum absolute atomic E-state index is 0.0821. The number of aromatic amines is 1. The maximum atomic E-state index is 11.9. The van der Waals surface area contributed by atoms with Crippen LogP contribution in [0.15, 0.2) is 39.2 Å². The molecule has 0 spiro atoms. The molecule has 1 N–H and O–H groups in total. The Bertz CT molecular complexity index is 979. The minimum atomic E-state index is -0.454. The molecule has 0 bridgehead atoms. The first-order valence-electron chi connectivity index (χ1n) is 7.54. The molecule has 126 valence electrons. The predicted molar refractivity (Wildman–Crippen MR) is 91.5 cm³/mol. The Balaban J connectivity index is 1.53. The number of nitrogens with one attached hydrogen (secondary N) is 1. The van der Waals surface area contributed by atoms with Crippen LogP contribution >= 0.6 is 11.3 Å². The molecule has 0 saturated heterocycles. The summed E-state index contributed by atoms with van der Waals surface area (Å²) in [5, 5.41) is 1.71. The summed E-state index contributed by atoms with van der Waals surface area (Å²) >= 11 is 1.06. The van der Waals surface area contributed by atoms with Crippen LogP contribution in [0.3, 0.4) is 0 Å². The summed E-state index contributed by atoms with van der Waals surface area (Å²) in [5.41, 5.74) is 2.18. The van der Waals surface area contributed by atoms with Crippen LogP contribution in [0.25, 0.3) is 11.0 Å². The van der Waals surface area contributed by atoms with E-state index < -0.39 is 5.97 Å². The number of aromatic nitrogens is 3. The number of H-pyrrole nitrogens is 1. The third kappa shape index (κ3) is 3.33. The number of aryl methyl sites for hydroxylation is 2. The van der Waals surface area contributed by atoms with Gasteiger partial charge in [-0.05, 0) is 25.5 Å². The Morgan fingerprint density at radius 1 is 1.25 bits per heavy atom. The zero-order chi connectivity index (χ0) is 17.1. The molecule has 0 saturated carbocycles. The summed E-state index contributed by atoms with van der Waals surface area (Å²) < 4.78 is 8.16. The molecular formula is C16H17N3O4S. The highest BCUT2D eigenvalue weighted by molar-refractivity contribution is 7.07. The monoisotopic (exact) mass is 347 g/mol. The van der Waals surface area contributed by atoms with E-state index in [2.05, 4.69) is 4.98 Å².